The second-order valence-corrected chi connectivity index (χ2v) is 9.36. The molecule has 1 aliphatic rings. The van der Waals surface area contributed by atoms with Crippen LogP contribution in [0.15, 0.2) is 79.3 Å². The summed E-state index contributed by atoms with van der Waals surface area (Å²) in [5.74, 6) is 0.628. The Labute approximate surface area is 221 Å². The van der Waals surface area contributed by atoms with Gasteiger partial charge < -0.3 is 24.8 Å². The molecule has 8 nitrogen and oxygen atoms in total. The van der Waals surface area contributed by atoms with Gasteiger partial charge in [-0.25, -0.2) is 4.98 Å². The van der Waals surface area contributed by atoms with Gasteiger partial charge in [0.1, 0.15) is 18.5 Å². The van der Waals surface area contributed by atoms with Gasteiger partial charge >= 0.3 is 0 Å². The number of methoxy groups -OCH3 is 1. The smallest absolute Gasteiger partial charge is 0.250 e. The molecule has 0 unspecified atom stereocenters. The predicted octanol–water partition coefficient (Wildman–Crippen LogP) is 4.65. The van der Waals surface area contributed by atoms with E-state index in [0.717, 1.165) is 39.7 Å². The maximum Gasteiger partial charge on any atom is 0.250 e. The number of thiocarbonyl (C=S) groups is 1. The molecular formula is C28H28N6O2S. The Morgan fingerprint density at radius 3 is 2.68 bits per heavy atom. The number of nitrogens with one attached hydrogen (secondary N) is 2. The SMILES string of the molecule is COCC(=O)Nc1ccc(N2C(=S)N[C@H](c3ccccn3)[C@@H]2c2cccn2-c2ccc(C)cn2)cc1C. The normalized spacial score (nSPS) is 17.1. The Bertz CT molecular complexity index is 1420. The molecule has 3 aromatic heterocycles. The number of aryl methyl sites for hydroxylation is 2. The van der Waals surface area contributed by atoms with Crippen LogP contribution < -0.4 is 15.5 Å². The van der Waals surface area contributed by atoms with Gasteiger partial charge in [0.05, 0.1) is 11.7 Å². The number of benzene rings is 1. The molecule has 0 aliphatic carbocycles. The highest BCUT2D eigenvalue weighted by Gasteiger charge is 2.42. The minimum Gasteiger partial charge on any atom is -0.375 e. The van der Waals surface area contributed by atoms with Crippen LogP contribution in [0.3, 0.4) is 0 Å². The maximum atomic E-state index is 12.1. The first-order chi connectivity index (χ1) is 18.0. The Balaban J connectivity index is 1.58. The molecular weight excluding hydrogens is 484 g/mol. The number of carbonyl (C=O) groups excluding carboxylic acids is 1. The van der Waals surface area contributed by atoms with Gasteiger partial charge in [0.15, 0.2) is 5.11 Å². The van der Waals surface area contributed by atoms with E-state index in [4.69, 9.17) is 17.0 Å². The minimum atomic E-state index is -0.201. The van der Waals surface area contributed by atoms with E-state index < -0.39 is 0 Å². The first kappa shape index (κ1) is 24.6. The lowest BCUT2D eigenvalue weighted by molar-refractivity contribution is -0.119. The summed E-state index contributed by atoms with van der Waals surface area (Å²) in [5.41, 5.74) is 5.57. The van der Waals surface area contributed by atoms with Crippen LogP contribution in [0.2, 0.25) is 0 Å². The lowest BCUT2D eigenvalue weighted by atomic mass is 10.0. The van der Waals surface area contributed by atoms with Crippen molar-refractivity contribution in [1.82, 2.24) is 19.9 Å². The van der Waals surface area contributed by atoms with E-state index in [0.29, 0.717) is 5.11 Å². The summed E-state index contributed by atoms with van der Waals surface area (Å²) in [6.45, 7) is 3.98. The molecule has 0 radical (unpaired) electrons. The maximum absolute atomic E-state index is 12.1. The fourth-order valence-corrected chi connectivity index (χ4v) is 4.98. The third-order valence-corrected chi connectivity index (χ3v) is 6.68. The van der Waals surface area contributed by atoms with Crippen molar-refractivity contribution < 1.29 is 9.53 Å². The summed E-state index contributed by atoms with van der Waals surface area (Å²) >= 11 is 5.88. The Hall–Kier alpha value is -4.08. The number of ether oxygens (including phenoxy) is 1. The van der Waals surface area contributed by atoms with Gasteiger partial charge in [0.25, 0.3) is 0 Å². The van der Waals surface area contributed by atoms with E-state index in [9.17, 15) is 4.79 Å². The van der Waals surface area contributed by atoms with Gasteiger partial charge in [-0.15, -0.1) is 0 Å². The Kier molecular flexibility index (Phi) is 6.98. The molecule has 2 atom stereocenters. The van der Waals surface area contributed by atoms with E-state index in [2.05, 4.69) is 42.2 Å². The Morgan fingerprint density at radius 2 is 1.97 bits per heavy atom. The molecule has 1 amide bonds. The number of aromatic nitrogens is 3. The lowest BCUT2D eigenvalue weighted by Crippen LogP contribution is -2.30. The van der Waals surface area contributed by atoms with Gasteiger partial charge in [-0.2, -0.15) is 0 Å². The quantitative estimate of drug-likeness (QED) is 0.349. The summed E-state index contributed by atoms with van der Waals surface area (Å²) in [7, 11) is 1.50. The minimum absolute atomic E-state index is 0.000806. The van der Waals surface area contributed by atoms with Crippen LogP contribution in [0.1, 0.15) is 34.6 Å². The van der Waals surface area contributed by atoms with Crippen molar-refractivity contribution in [2.24, 2.45) is 0 Å². The molecule has 4 aromatic rings. The predicted molar refractivity (Wildman–Crippen MR) is 148 cm³/mol. The van der Waals surface area contributed by atoms with Crippen LogP contribution in [0.4, 0.5) is 11.4 Å². The van der Waals surface area contributed by atoms with E-state index in [-0.39, 0.29) is 24.6 Å². The molecule has 0 bridgehead atoms. The molecule has 5 rings (SSSR count). The molecule has 0 spiro atoms. The first-order valence-electron chi connectivity index (χ1n) is 12.0. The zero-order chi connectivity index (χ0) is 25.9. The van der Waals surface area contributed by atoms with Gasteiger partial charge in [0, 0.05) is 42.8 Å². The largest absolute Gasteiger partial charge is 0.375 e. The van der Waals surface area contributed by atoms with E-state index in [1.165, 1.54) is 7.11 Å². The summed E-state index contributed by atoms with van der Waals surface area (Å²) in [4.78, 5) is 23.5. The summed E-state index contributed by atoms with van der Waals surface area (Å²) in [6, 6.07) is 19.6. The topological polar surface area (TPSA) is 84.3 Å². The van der Waals surface area contributed by atoms with Crippen molar-refractivity contribution in [1.29, 1.82) is 0 Å². The van der Waals surface area contributed by atoms with Crippen LogP contribution in [0, 0.1) is 13.8 Å². The highest BCUT2D eigenvalue weighted by atomic mass is 32.1. The van der Waals surface area contributed by atoms with Crippen LogP contribution in [-0.2, 0) is 9.53 Å². The molecule has 4 heterocycles. The van der Waals surface area contributed by atoms with E-state index in [1.54, 1.807) is 6.20 Å². The number of nitrogens with zero attached hydrogens (tertiary/aromatic N) is 4. The monoisotopic (exact) mass is 512 g/mol. The van der Waals surface area contributed by atoms with Crippen molar-refractivity contribution in [3.8, 4) is 5.82 Å². The zero-order valence-corrected chi connectivity index (χ0v) is 21.7. The fraction of sp³-hybridized carbons (Fsp3) is 0.214. The number of hydrogen-bond donors (Lipinski definition) is 2. The van der Waals surface area contributed by atoms with Gasteiger partial charge in [-0.3, -0.25) is 9.78 Å². The van der Waals surface area contributed by atoms with E-state index >= 15 is 0 Å². The van der Waals surface area contributed by atoms with Gasteiger partial charge in [0.2, 0.25) is 5.91 Å². The highest BCUT2D eigenvalue weighted by Crippen LogP contribution is 2.42. The molecule has 37 heavy (non-hydrogen) atoms. The fourth-order valence-electron chi connectivity index (χ4n) is 4.64. The van der Waals surface area contributed by atoms with Crippen molar-refractivity contribution in [2.75, 3.05) is 23.9 Å². The van der Waals surface area contributed by atoms with Gasteiger partial charge in [-0.05, 0) is 85.7 Å². The first-order valence-corrected chi connectivity index (χ1v) is 12.4. The summed E-state index contributed by atoms with van der Waals surface area (Å²) in [5, 5.41) is 7.00. The second-order valence-electron chi connectivity index (χ2n) is 8.97. The molecule has 1 fully saturated rings. The summed E-state index contributed by atoms with van der Waals surface area (Å²) in [6.07, 6.45) is 5.67. The molecule has 2 N–H and O–H groups in total. The standard InChI is InChI=1S/C28H28N6O2S/c1-18-9-12-24(30-16-18)33-14-6-8-23(33)27-26(22-7-4-5-13-29-22)32-28(37)34(27)20-10-11-21(19(2)15-20)31-25(35)17-36-3/h4-16,26-27H,17H2,1-3H3,(H,31,35)(H,32,37)/t26-,27+/m1/s1. The second kappa shape index (κ2) is 10.5. The Morgan fingerprint density at radius 1 is 1.11 bits per heavy atom. The number of carbonyl (C=O) groups is 1. The average molecular weight is 513 g/mol. The van der Waals surface area contributed by atoms with Crippen LogP contribution >= 0.6 is 12.2 Å². The van der Waals surface area contributed by atoms with Crippen LogP contribution in [-0.4, -0.2) is 39.3 Å². The van der Waals surface area contributed by atoms with Crippen LogP contribution in [0.25, 0.3) is 5.82 Å². The number of hydrogen-bond acceptors (Lipinski definition) is 5. The molecule has 1 aliphatic heterocycles. The molecule has 9 heteroatoms. The molecule has 1 saturated heterocycles. The number of pyridine rings is 2. The molecule has 1 aromatic carbocycles. The van der Waals surface area contributed by atoms with Gasteiger partial charge in [-0.1, -0.05) is 12.1 Å². The molecule has 188 valence electrons. The third-order valence-electron chi connectivity index (χ3n) is 6.36. The zero-order valence-electron chi connectivity index (χ0n) is 20.9. The number of anilines is 2. The average Bonchev–Trinajstić information content (AvgIpc) is 3.51. The number of amides is 1. The van der Waals surface area contributed by atoms with Crippen molar-refractivity contribution >= 4 is 34.6 Å². The van der Waals surface area contributed by atoms with E-state index in [1.807, 2.05) is 74.8 Å². The molecule has 0 saturated carbocycles. The van der Waals surface area contributed by atoms with Crippen LogP contribution in [0.5, 0.6) is 0 Å². The number of rotatable bonds is 7. The highest BCUT2D eigenvalue weighted by molar-refractivity contribution is 7.80. The van der Waals surface area contributed by atoms with Crippen molar-refractivity contribution in [3.63, 3.8) is 0 Å². The third kappa shape index (κ3) is 4.96. The van der Waals surface area contributed by atoms with Crippen molar-refractivity contribution in [3.05, 3.63) is 102 Å². The summed E-state index contributed by atoms with van der Waals surface area (Å²) < 4.78 is 7.03. The van der Waals surface area contributed by atoms with Crippen molar-refractivity contribution in [2.45, 2.75) is 25.9 Å². The lowest BCUT2D eigenvalue weighted by Gasteiger charge is -2.29.